The third-order valence-electron chi connectivity index (χ3n) is 4.95. The predicted octanol–water partition coefficient (Wildman–Crippen LogP) is 4.02. The molecule has 0 saturated heterocycles. The Bertz CT molecular complexity index is 938. The van der Waals surface area contributed by atoms with Gasteiger partial charge in [0.1, 0.15) is 11.6 Å². The first-order valence-corrected chi connectivity index (χ1v) is 11.2. The van der Waals surface area contributed by atoms with E-state index in [1.54, 1.807) is 7.11 Å². The summed E-state index contributed by atoms with van der Waals surface area (Å²) in [5, 5.41) is 9.58. The average Bonchev–Trinajstić information content (AvgIpc) is 3.20. The smallest absolute Gasteiger partial charge is 0.233 e. The van der Waals surface area contributed by atoms with E-state index in [1.807, 2.05) is 65.8 Å². The minimum Gasteiger partial charge on any atom is -0.497 e. The highest BCUT2D eigenvalue weighted by Gasteiger charge is 2.17. The van der Waals surface area contributed by atoms with Crippen LogP contribution in [-0.4, -0.2) is 51.5 Å². The Morgan fingerprint density at radius 1 is 1.00 bits per heavy atom. The van der Waals surface area contributed by atoms with Crippen LogP contribution in [0.1, 0.15) is 25.2 Å². The zero-order chi connectivity index (χ0) is 21.3. The predicted molar refractivity (Wildman–Crippen MR) is 120 cm³/mol. The van der Waals surface area contributed by atoms with Crippen molar-refractivity contribution in [2.45, 2.75) is 31.8 Å². The van der Waals surface area contributed by atoms with E-state index < -0.39 is 0 Å². The molecule has 2 aromatic carbocycles. The van der Waals surface area contributed by atoms with Gasteiger partial charge in [0.25, 0.3) is 0 Å². The van der Waals surface area contributed by atoms with Gasteiger partial charge in [0, 0.05) is 25.2 Å². The largest absolute Gasteiger partial charge is 0.497 e. The molecule has 1 heterocycles. The minimum atomic E-state index is 0.111. The van der Waals surface area contributed by atoms with Crippen molar-refractivity contribution in [3.8, 4) is 11.4 Å². The highest BCUT2D eigenvalue weighted by Crippen LogP contribution is 2.25. The topological polar surface area (TPSA) is 60.2 Å². The highest BCUT2D eigenvalue weighted by atomic mass is 32.2. The second-order valence-corrected chi connectivity index (χ2v) is 7.72. The van der Waals surface area contributed by atoms with Crippen molar-refractivity contribution in [3.05, 3.63) is 66.0 Å². The normalized spacial score (nSPS) is 10.8. The van der Waals surface area contributed by atoms with Crippen molar-refractivity contribution in [3.63, 3.8) is 0 Å². The zero-order valence-electron chi connectivity index (χ0n) is 17.7. The molecular weight excluding hydrogens is 396 g/mol. The minimum absolute atomic E-state index is 0.111. The summed E-state index contributed by atoms with van der Waals surface area (Å²) in [6.45, 7) is 5.41. The number of carbonyl (C=O) groups is 1. The van der Waals surface area contributed by atoms with Crippen LogP contribution in [0.15, 0.2) is 59.8 Å². The fourth-order valence-electron chi connectivity index (χ4n) is 3.24. The van der Waals surface area contributed by atoms with Crippen molar-refractivity contribution >= 4 is 17.7 Å². The highest BCUT2D eigenvalue weighted by molar-refractivity contribution is 7.99. The first-order valence-electron chi connectivity index (χ1n) is 10.2. The second-order valence-electron chi connectivity index (χ2n) is 6.77. The van der Waals surface area contributed by atoms with Gasteiger partial charge in [-0.25, -0.2) is 0 Å². The summed E-state index contributed by atoms with van der Waals surface area (Å²) in [5.74, 6) is 2.12. The van der Waals surface area contributed by atoms with Crippen molar-refractivity contribution < 1.29 is 9.53 Å². The summed E-state index contributed by atoms with van der Waals surface area (Å²) in [4.78, 5) is 14.3. The summed E-state index contributed by atoms with van der Waals surface area (Å²) in [6.07, 6.45) is 1.63. The van der Waals surface area contributed by atoms with Crippen LogP contribution in [0.4, 0.5) is 0 Å². The molecule has 0 aliphatic heterocycles. The van der Waals surface area contributed by atoms with E-state index in [0.29, 0.717) is 18.8 Å². The number of nitrogens with zero attached hydrogens (tertiary/aromatic N) is 4. The molecule has 3 aromatic rings. The van der Waals surface area contributed by atoms with Crippen molar-refractivity contribution in [1.82, 2.24) is 19.7 Å². The fraction of sp³-hybridized carbons (Fsp3) is 0.348. The number of hydrogen-bond donors (Lipinski definition) is 0. The molecule has 0 fully saturated rings. The Morgan fingerprint density at radius 2 is 1.70 bits per heavy atom. The third-order valence-corrected chi connectivity index (χ3v) is 5.87. The van der Waals surface area contributed by atoms with E-state index in [0.717, 1.165) is 35.3 Å². The Morgan fingerprint density at radius 3 is 2.33 bits per heavy atom. The van der Waals surface area contributed by atoms with E-state index in [1.165, 1.54) is 17.3 Å². The van der Waals surface area contributed by atoms with Crippen molar-refractivity contribution in [2.75, 3.05) is 26.0 Å². The van der Waals surface area contributed by atoms with Gasteiger partial charge in [-0.1, -0.05) is 42.1 Å². The molecule has 0 unspecified atom stereocenters. The van der Waals surface area contributed by atoms with Gasteiger partial charge in [-0.05, 0) is 50.1 Å². The number of aryl methyl sites for hydroxylation is 2. The van der Waals surface area contributed by atoms with Crippen LogP contribution >= 0.6 is 11.8 Å². The number of methoxy groups -OCH3 is 1. The van der Waals surface area contributed by atoms with Gasteiger partial charge >= 0.3 is 0 Å². The molecule has 0 aliphatic carbocycles. The molecule has 0 aliphatic rings. The quantitative estimate of drug-likeness (QED) is 0.460. The van der Waals surface area contributed by atoms with Crippen molar-refractivity contribution in [1.29, 1.82) is 0 Å². The second kappa shape index (κ2) is 10.8. The molecule has 7 heteroatoms. The van der Waals surface area contributed by atoms with Gasteiger partial charge in [0.05, 0.1) is 12.9 Å². The van der Waals surface area contributed by atoms with Gasteiger partial charge in [0.2, 0.25) is 5.91 Å². The number of ether oxygens (including phenoxy) is 1. The van der Waals surface area contributed by atoms with Gasteiger partial charge in [-0.3, -0.25) is 9.36 Å². The van der Waals surface area contributed by atoms with E-state index in [4.69, 9.17) is 4.74 Å². The maximum atomic E-state index is 12.5. The Balaban J connectivity index is 1.84. The average molecular weight is 425 g/mol. The van der Waals surface area contributed by atoms with Crippen molar-refractivity contribution in [2.24, 2.45) is 0 Å². The first-order chi connectivity index (χ1) is 14.7. The van der Waals surface area contributed by atoms with Crippen LogP contribution in [0, 0.1) is 0 Å². The fourth-order valence-corrected chi connectivity index (χ4v) is 4.11. The standard InChI is InChI=1S/C23H28N4O2S/c1-4-26(5-2)22(28)17-30-23-25-24-21(16-11-18-9-7-6-8-10-18)27(23)19-12-14-20(29-3)15-13-19/h6-10,12-15H,4-5,11,16-17H2,1-3H3. The van der Waals surface area contributed by atoms with Crippen LogP contribution in [0.25, 0.3) is 5.69 Å². The van der Waals surface area contributed by atoms with E-state index in [2.05, 4.69) is 22.3 Å². The van der Waals surface area contributed by atoms with Crippen LogP contribution in [0.5, 0.6) is 5.75 Å². The van der Waals surface area contributed by atoms with Crippen LogP contribution < -0.4 is 4.74 Å². The lowest BCUT2D eigenvalue weighted by atomic mass is 10.1. The van der Waals surface area contributed by atoms with Gasteiger partial charge < -0.3 is 9.64 Å². The van der Waals surface area contributed by atoms with E-state index in [9.17, 15) is 4.79 Å². The van der Waals surface area contributed by atoms with Gasteiger partial charge in [0.15, 0.2) is 5.16 Å². The van der Waals surface area contributed by atoms with Crippen LogP contribution in [0.2, 0.25) is 0 Å². The van der Waals surface area contributed by atoms with Crippen LogP contribution in [0.3, 0.4) is 0 Å². The lowest BCUT2D eigenvalue weighted by molar-refractivity contribution is -0.127. The summed E-state index contributed by atoms with van der Waals surface area (Å²) >= 11 is 1.43. The zero-order valence-corrected chi connectivity index (χ0v) is 18.6. The molecule has 1 amide bonds. The number of thioether (sulfide) groups is 1. The molecule has 0 atom stereocenters. The SMILES string of the molecule is CCN(CC)C(=O)CSc1nnc(CCc2ccccc2)n1-c1ccc(OC)cc1. The number of amides is 1. The van der Waals surface area contributed by atoms with Gasteiger partial charge in [-0.15, -0.1) is 10.2 Å². The summed E-state index contributed by atoms with van der Waals surface area (Å²) in [7, 11) is 1.65. The molecular formula is C23H28N4O2S. The Kier molecular flexibility index (Phi) is 7.90. The first kappa shape index (κ1) is 21.9. The molecule has 0 bridgehead atoms. The summed E-state index contributed by atoms with van der Waals surface area (Å²) in [5.41, 5.74) is 2.22. The summed E-state index contributed by atoms with van der Waals surface area (Å²) in [6, 6.07) is 18.2. The molecule has 158 valence electrons. The number of rotatable bonds is 10. The van der Waals surface area contributed by atoms with Gasteiger partial charge in [-0.2, -0.15) is 0 Å². The molecule has 0 saturated carbocycles. The number of carbonyl (C=O) groups excluding carboxylic acids is 1. The maximum absolute atomic E-state index is 12.5. The third kappa shape index (κ3) is 5.42. The number of hydrogen-bond acceptors (Lipinski definition) is 5. The van der Waals surface area contributed by atoms with Crippen LogP contribution in [-0.2, 0) is 17.6 Å². The lowest BCUT2D eigenvalue weighted by Gasteiger charge is -2.18. The van der Waals surface area contributed by atoms with E-state index in [-0.39, 0.29) is 5.91 Å². The van der Waals surface area contributed by atoms with E-state index >= 15 is 0 Å². The molecule has 3 rings (SSSR count). The maximum Gasteiger partial charge on any atom is 0.233 e. The Hall–Kier alpha value is -2.80. The number of aromatic nitrogens is 3. The summed E-state index contributed by atoms with van der Waals surface area (Å²) < 4.78 is 7.33. The Labute approximate surface area is 182 Å². The molecule has 0 radical (unpaired) electrons. The number of benzene rings is 2. The molecule has 30 heavy (non-hydrogen) atoms. The monoisotopic (exact) mass is 424 g/mol. The lowest BCUT2D eigenvalue weighted by Crippen LogP contribution is -2.31. The molecule has 0 N–H and O–H groups in total. The molecule has 6 nitrogen and oxygen atoms in total. The molecule has 1 aromatic heterocycles. The molecule has 0 spiro atoms.